The van der Waals surface area contributed by atoms with E-state index in [0.717, 1.165) is 37.1 Å². The molecule has 114 valence electrons. The van der Waals surface area contributed by atoms with Gasteiger partial charge in [0.1, 0.15) is 4.90 Å². The molecule has 0 saturated heterocycles. The Morgan fingerprint density at radius 2 is 2.10 bits per heavy atom. The molecular formula is C13H21BrN2O2S2. The van der Waals surface area contributed by atoms with Crippen LogP contribution in [0.15, 0.2) is 14.7 Å². The average Bonchev–Trinajstić information content (AvgIpc) is 3.04. The number of nitrogens with zero attached hydrogens (tertiary/aromatic N) is 1. The van der Waals surface area contributed by atoms with Crippen LogP contribution in [-0.4, -0.2) is 32.4 Å². The third kappa shape index (κ3) is 3.44. The second-order valence-electron chi connectivity index (χ2n) is 5.09. The molecule has 1 aliphatic rings. The number of sulfonamides is 1. The number of hydrogen-bond donors (Lipinski definition) is 1. The highest BCUT2D eigenvalue weighted by atomic mass is 79.9. The molecule has 0 aliphatic heterocycles. The van der Waals surface area contributed by atoms with Crippen LogP contribution in [-0.2, 0) is 16.6 Å². The SMILES string of the molecule is CCNCc1cc(S(=O)(=O)N(C)C2CCCC2)c(Br)s1. The lowest BCUT2D eigenvalue weighted by Crippen LogP contribution is -2.35. The van der Waals surface area contributed by atoms with Gasteiger partial charge in [-0.15, -0.1) is 11.3 Å². The van der Waals surface area contributed by atoms with Crippen molar-refractivity contribution in [1.29, 1.82) is 0 Å². The topological polar surface area (TPSA) is 49.4 Å². The molecule has 1 fully saturated rings. The summed E-state index contributed by atoms with van der Waals surface area (Å²) in [4.78, 5) is 1.45. The van der Waals surface area contributed by atoms with E-state index in [0.29, 0.717) is 15.2 Å². The predicted molar refractivity (Wildman–Crippen MR) is 86.6 cm³/mol. The van der Waals surface area contributed by atoms with Crippen LogP contribution in [0.2, 0.25) is 0 Å². The van der Waals surface area contributed by atoms with E-state index in [9.17, 15) is 8.42 Å². The predicted octanol–water partition coefficient (Wildman–Crippen LogP) is 3.18. The first-order valence-electron chi connectivity index (χ1n) is 6.93. The molecule has 0 atom stereocenters. The highest BCUT2D eigenvalue weighted by Gasteiger charge is 2.32. The van der Waals surface area contributed by atoms with E-state index in [1.807, 2.05) is 6.92 Å². The second kappa shape index (κ2) is 6.87. The average molecular weight is 381 g/mol. The highest BCUT2D eigenvalue weighted by Crippen LogP contribution is 2.35. The fraction of sp³-hybridized carbons (Fsp3) is 0.692. The second-order valence-corrected chi connectivity index (χ2v) is 9.51. The van der Waals surface area contributed by atoms with Gasteiger partial charge < -0.3 is 5.32 Å². The molecule has 1 N–H and O–H groups in total. The Hall–Kier alpha value is 0.0500. The van der Waals surface area contributed by atoms with E-state index < -0.39 is 10.0 Å². The molecule has 2 rings (SSSR count). The van der Waals surface area contributed by atoms with E-state index in [1.54, 1.807) is 17.4 Å². The van der Waals surface area contributed by atoms with Gasteiger partial charge in [-0.2, -0.15) is 4.31 Å². The van der Waals surface area contributed by atoms with Crippen LogP contribution in [0.1, 0.15) is 37.5 Å². The minimum Gasteiger partial charge on any atom is -0.312 e. The molecule has 0 radical (unpaired) electrons. The number of rotatable bonds is 6. The summed E-state index contributed by atoms with van der Waals surface area (Å²) in [5.74, 6) is 0. The number of thiophene rings is 1. The molecular weight excluding hydrogens is 360 g/mol. The van der Waals surface area contributed by atoms with E-state index in [1.165, 1.54) is 11.3 Å². The Labute approximate surface area is 133 Å². The Kier molecular flexibility index (Phi) is 5.64. The van der Waals surface area contributed by atoms with Gasteiger partial charge in [-0.1, -0.05) is 19.8 Å². The van der Waals surface area contributed by atoms with Gasteiger partial charge in [0.05, 0.1) is 3.79 Å². The molecule has 1 aromatic heterocycles. The lowest BCUT2D eigenvalue weighted by molar-refractivity contribution is 0.373. The number of nitrogens with one attached hydrogen (secondary N) is 1. The third-order valence-electron chi connectivity index (χ3n) is 3.75. The Morgan fingerprint density at radius 3 is 2.70 bits per heavy atom. The van der Waals surface area contributed by atoms with E-state index in [2.05, 4.69) is 21.2 Å². The van der Waals surface area contributed by atoms with Crippen LogP contribution in [0, 0.1) is 0 Å². The van der Waals surface area contributed by atoms with Gasteiger partial charge in [0.15, 0.2) is 0 Å². The van der Waals surface area contributed by atoms with Crippen LogP contribution >= 0.6 is 27.3 Å². The first-order chi connectivity index (χ1) is 9.46. The monoisotopic (exact) mass is 380 g/mol. The van der Waals surface area contributed by atoms with Gasteiger partial charge in [0.25, 0.3) is 0 Å². The molecule has 1 aliphatic carbocycles. The fourth-order valence-corrected chi connectivity index (χ4v) is 6.54. The summed E-state index contributed by atoms with van der Waals surface area (Å²) >= 11 is 4.90. The summed E-state index contributed by atoms with van der Waals surface area (Å²) in [6.07, 6.45) is 4.20. The standard InChI is InChI=1S/C13H21BrN2O2S2/c1-3-15-9-11-8-12(13(14)19-11)20(17,18)16(2)10-6-4-5-7-10/h8,10,15H,3-7,9H2,1-2H3. The van der Waals surface area contributed by atoms with Crippen molar-refractivity contribution in [1.82, 2.24) is 9.62 Å². The summed E-state index contributed by atoms with van der Waals surface area (Å²) in [5, 5.41) is 3.22. The van der Waals surface area contributed by atoms with Crippen molar-refractivity contribution >= 4 is 37.3 Å². The smallest absolute Gasteiger partial charge is 0.245 e. The van der Waals surface area contributed by atoms with E-state index in [-0.39, 0.29) is 6.04 Å². The zero-order valence-electron chi connectivity index (χ0n) is 11.9. The van der Waals surface area contributed by atoms with Crippen molar-refractivity contribution in [3.63, 3.8) is 0 Å². The van der Waals surface area contributed by atoms with Gasteiger partial charge in [-0.05, 0) is 41.4 Å². The molecule has 7 heteroatoms. The minimum atomic E-state index is -3.39. The van der Waals surface area contributed by atoms with Crippen molar-refractivity contribution in [3.05, 3.63) is 14.7 Å². The quantitative estimate of drug-likeness (QED) is 0.824. The van der Waals surface area contributed by atoms with Crippen LogP contribution in [0.5, 0.6) is 0 Å². The van der Waals surface area contributed by atoms with Crippen molar-refractivity contribution in [3.8, 4) is 0 Å². The van der Waals surface area contributed by atoms with Crippen molar-refractivity contribution < 1.29 is 8.42 Å². The summed E-state index contributed by atoms with van der Waals surface area (Å²) in [7, 11) is -1.68. The molecule has 1 saturated carbocycles. The van der Waals surface area contributed by atoms with E-state index in [4.69, 9.17) is 0 Å². The zero-order chi connectivity index (χ0) is 14.8. The molecule has 0 unspecified atom stereocenters. The zero-order valence-corrected chi connectivity index (χ0v) is 15.1. The maximum Gasteiger partial charge on any atom is 0.245 e. The first kappa shape index (κ1) is 16.4. The van der Waals surface area contributed by atoms with Gasteiger partial charge in [-0.3, -0.25) is 0 Å². The molecule has 4 nitrogen and oxygen atoms in total. The number of hydrogen-bond acceptors (Lipinski definition) is 4. The van der Waals surface area contributed by atoms with Crippen molar-refractivity contribution in [2.24, 2.45) is 0 Å². The molecule has 0 amide bonds. The highest BCUT2D eigenvalue weighted by molar-refractivity contribution is 9.11. The minimum absolute atomic E-state index is 0.156. The Bertz CT molecular complexity index is 551. The van der Waals surface area contributed by atoms with Gasteiger partial charge in [-0.25, -0.2) is 8.42 Å². The largest absolute Gasteiger partial charge is 0.312 e. The number of halogens is 1. The van der Waals surface area contributed by atoms with Crippen LogP contribution in [0.4, 0.5) is 0 Å². The van der Waals surface area contributed by atoms with Crippen molar-refractivity contribution in [2.75, 3.05) is 13.6 Å². The van der Waals surface area contributed by atoms with Gasteiger partial charge in [0, 0.05) is 24.5 Å². The summed E-state index contributed by atoms with van der Waals surface area (Å²) in [6, 6.07) is 1.95. The summed E-state index contributed by atoms with van der Waals surface area (Å²) < 4.78 is 27.7. The fourth-order valence-electron chi connectivity index (χ4n) is 2.53. The third-order valence-corrected chi connectivity index (χ3v) is 7.91. The normalized spacial score (nSPS) is 17.2. The molecule has 0 bridgehead atoms. The summed E-state index contributed by atoms with van der Waals surface area (Å²) in [5.41, 5.74) is 0. The molecule has 0 spiro atoms. The van der Waals surface area contributed by atoms with Gasteiger partial charge in [0.2, 0.25) is 10.0 Å². The lowest BCUT2D eigenvalue weighted by atomic mass is 10.3. The maximum absolute atomic E-state index is 12.7. The Morgan fingerprint density at radius 1 is 1.45 bits per heavy atom. The molecule has 0 aromatic carbocycles. The van der Waals surface area contributed by atoms with Crippen LogP contribution in [0.3, 0.4) is 0 Å². The maximum atomic E-state index is 12.7. The van der Waals surface area contributed by atoms with Crippen LogP contribution in [0.25, 0.3) is 0 Å². The molecule has 1 heterocycles. The summed E-state index contributed by atoms with van der Waals surface area (Å²) in [6.45, 7) is 3.62. The van der Waals surface area contributed by atoms with Gasteiger partial charge >= 0.3 is 0 Å². The van der Waals surface area contributed by atoms with E-state index >= 15 is 0 Å². The first-order valence-corrected chi connectivity index (χ1v) is 9.98. The molecule has 20 heavy (non-hydrogen) atoms. The molecule has 1 aromatic rings. The lowest BCUT2D eigenvalue weighted by Gasteiger charge is -2.23. The van der Waals surface area contributed by atoms with Crippen molar-refractivity contribution in [2.45, 2.75) is 50.1 Å². The van der Waals surface area contributed by atoms with Crippen LogP contribution < -0.4 is 5.32 Å². The Balaban J connectivity index is 2.22.